The van der Waals surface area contributed by atoms with Crippen molar-refractivity contribution in [2.45, 2.75) is 54.0 Å². The Balaban J connectivity index is 2.59. The van der Waals surface area contributed by atoms with Gasteiger partial charge in [-0.3, -0.25) is 0 Å². The van der Waals surface area contributed by atoms with Crippen LogP contribution in [-0.4, -0.2) is 11.5 Å². The van der Waals surface area contributed by atoms with Crippen LogP contribution >= 0.6 is 11.3 Å². The lowest BCUT2D eigenvalue weighted by molar-refractivity contribution is 0.312. The Hall–Kier alpha value is -0.410. The van der Waals surface area contributed by atoms with E-state index in [-0.39, 0.29) is 0 Å². The number of hydrogen-bond acceptors (Lipinski definition) is 3. The Kier molecular flexibility index (Phi) is 4.51. The Morgan fingerprint density at radius 1 is 1.38 bits per heavy atom. The predicted octanol–water partition coefficient (Wildman–Crippen LogP) is 3.85. The van der Waals surface area contributed by atoms with Crippen LogP contribution in [0.2, 0.25) is 0 Å². The summed E-state index contributed by atoms with van der Waals surface area (Å²) in [6.45, 7) is 14.3. The Morgan fingerprint density at radius 3 is 2.44 bits per heavy atom. The second-order valence-electron chi connectivity index (χ2n) is 5.29. The van der Waals surface area contributed by atoms with Gasteiger partial charge < -0.3 is 5.32 Å². The van der Waals surface area contributed by atoms with Gasteiger partial charge in [0.2, 0.25) is 0 Å². The molecule has 0 bridgehead atoms. The normalized spacial score (nSPS) is 14.1. The minimum Gasteiger partial charge on any atom is -0.308 e. The molecule has 0 aliphatic rings. The van der Waals surface area contributed by atoms with Crippen LogP contribution in [-0.2, 0) is 0 Å². The van der Waals surface area contributed by atoms with Crippen molar-refractivity contribution in [2.24, 2.45) is 5.41 Å². The van der Waals surface area contributed by atoms with Crippen LogP contribution in [0.15, 0.2) is 0 Å². The van der Waals surface area contributed by atoms with Crippen molar-refractivity contribution in [3.63, 3.8) is 0 Å². The van der Waals surface area contributed by atoms with Gasteiger partial charge in [0.05, 0.1) is 10.7 Å². The topological polar surface area (TPSA) is 24.9 Å². The summed E-state index contributed by atoms with van der Waals surface area (Å²) in [6.07, 6.45) is 1.20. The molecule has 16 heavy (non-hydrogen) atoms. The van der Waals surface area contributed by atoms with Gasteiger partial charge in [-0.1, -0.05) is 20.8 Å². The quantitative estimate of drug-likeness (QED) is 0.845. The molecule has 0 amide bonds. The van der Waals surface area contributed by atoms with E-state index >= 15 is 0 Å². The second-order valence-corrected chi connectivity index (χ2v) is 6.70. The third kappa shape index (κ3) is 3.56. The highest BCUT2D eigenvalue weighted by molar-refractivity contribution is 7.11. The van der Waals surface area contributed by atoms with Gasteiger partial charge in [0.1, 0.15) is 0 Å². The third-order valence-corrected chi connectivity index (χ3v) is 4.10. The molecule has 1 unspecified atom stereocenters. The summed E-state index contributed by atoms with van der Waals surface area (Å²) in [6, 6.07) is 0.357. The molecule has 1 atom stereocenters. The van der Waals surface area contributed by atoms with E-state index in [2.05, 4.69) is 51.8 Å². The van der Waals surface area contributed by atoms with E-state index in [1.807, 2.05) is 0 Å². The lowest BCUT2D eigenvalue weighted by Gasteiger charge is -2.25. The average Bonchev–Trinajstić information content (AvgIpc) is 2.54. The number of nitrogens with one attached hydrogen (secondary N) is 1. The maximum atomic E-state index is 4.59. The van der Waals surface area contributed by atoms with Gasteiger partial charge in [0.25, 0.3) is 0 Å². The smallest absolute Gasteiger partial charge is 0.0900 e. The highest BCUT2D eigenvalue weighted by Gasteiger charge is 2.18. The molecule has 3 heteroatoms. The van der Waals surface area contributed by atoms with Crippen molar-refractivity contribution in [3.05, 3.63) is 15.6 Å². The number of aryl methyl sites for hydroxylation is 2. The highest BCUT2D eigenvalue weighted by Crippen LogP contribution is 2.24. The zero-order chi connectivity index (χ0) is 12.3. The van der Waals surface area contributed by atoms with E-state index < -0.39 is 0 Å². The number of thiazole rings is 1. The van der Waals surface area contributed by atoms with E-state index in [9.17, 15) is 0 Å². The van der Waals surface area contributed by atoms with E-state index in [1.54, 1.807) is 11.3 Å². The summed E-state index contributed by atoms with van der Waals surface area (Å²) in [5.74, 6) is 0. The SMILES string of the molecule is CCC(C)(C)CNC(C)c1nc(C)sc1C. The Morgan fingerprint density at radius 2 is 2.00 bits per heavy atom. The van der Waals surface area contributed by atoms with Crippen LogP contribution in [0.3, 0.4) is 0 Å². The molecule has 0 spiro atoms. The standard InChI is InChI=1S/C13H24N2S/c1-7-13(5,6)8-14-9(2)12-10(3)16-11(4)15-12/h9,14H,7-8H2,1-6H3. The molecule has 0 aliphatic carbocycles. The zero-order valence-corrected chi connectivity index (χ0v) is 12.2. The fraction of sp³-hybridized carbons (Fsp3) is 0.769. The molecule has 0 saturated carbocycles. The molecule has 92 valence electrons. The summed E-state index contributed by atoms with van der Waals surface area (Å²) in [4.78, 5) is 5.93. The molecule has 0 aliphatic heterocycles. The molecule has 1 rings (SSSR count). The molecule has 2 nitrogen and oxygen atoms in total. The van der Waals surface area contributed by atoms with Crippen LogP contribution in [0.1, 0.15) is 55.7 Å². The van der Waals surface area contributed by atoms with Gasteiger partial charge in [-0.2, -0.15) is 0 Å². The lowest BCUT2D eigenvalue weighted by Crippen LogP contribution is -2.31. The molecular weight excluding hydrogens is 216 g/mol. The first-order valence-corrected chi connectivity index (χ1v) is 6.84. The summed E-state index contributed by atoms with van der Waals surface area (Å²) >= 11 is 1.79. The van der Waals surface area contributed by atoms with Crippen LogP contribution in [0, 0.1) is 19.3 Å². The molecule has 1 aromatic heterocycles. The minimum atomic E-state index is 0.357. The van der Waals surface area contributed by atoms with Gasteiger partial charge in [0.15, 0.2) is 0 Å². The molecular formula is C13H24N2S. The average molecular weight is 240 g/mol. The van der Waals surface area contributed by atoms with Crippen LogP contribution < -0.4 is 5.32 Å². The van der Waals surface area contributed by atoms with Gasteiger partial charge in [-0.15, -0.1) is 11.3 Å². The van der Waals surface area contributed by atoms with Crippen LogP contribution in [0.5, 0.6) is 0 Å². The fourth-order valence-corrected chi connectivity index (χ4v) is 2.51. The zero-order valence-electron chi connectivity index (χ0n) is 11.3. The second kappa shape index (κ2) is 5.28. The predicted molar refractivity (Wildman–Crippen MR) is 72.1 cm³/mol. The molecule has 1 N–H and O–H groups in total. The first-order valence-electron chi connectivity index (χ1n) is 6.03. The van der Waals surface area contributed by atoms with Crippen molar-refractivity contribution < 1.29 is 0 Å². The monoisotopic (exact) mass is 240 g/mol. The molecule has 1 heterocycles. The van der Waals surface area contributed by atoms with Gasteiger partial charge in [-0.25, -0.2) is 4.98 Å². The maximum Gasteiger partial charge on any atom is 0.0900 e. The Labute approximate surface area is 103 Å². The van der Waals surface area contributed by atoms with Gasteiger partial charge in [-0.05, 0) is 32.6 Å². The van der Waals surface area contributed by atoms with E-state index in [4.69, 9.17) is 0 Å². The Bertz CT molecular complexity index is 342. The number of rotatable bonds is 5. The number of aromatic nitrogens is 1. The van der Waals surface area contributed by atoms with Gasteiger partial charge in [0, 0.05) is 17.5 Å². The highest BCUT2D eigenvalue weighted by atomic mass is 32.1. The van der Waals surface area contributed by atoms with Crippen LogP contribution in [0.4, 0.5) is 0 Å². The van der Waals surface area contributed by atoms with Crippen molar-refractivity contribution >= 4 is 11.3 Å². The number of hydrogen-bond donors (Lipinski definition) is 1. The maximum absolute atomic E-state index is 4.59. The summed E-state index contributed by atoms with van der Waals surface area (Å²) in [5, 5.41) is 4.75. The summed E-state index contributed by atoms with van der Waals surface area (Å²) < 4.78 is 0. The van der Waals surface area contributed by atoms with E-state index in [1.165, 1.54) is 17.0 Å². The largest absolute Gasteiger partial charge is 0.308 e. The molecule has 0 fully saturated rings. The van der Waals surface area contributed by atoms with Crippen molar-refractivity contribution in [1.29, 1.82) is 0 Å². The van der Waals surface area contributed by atoms with E-state index in [0.717, 1.165) is 11.6 Å². The summed E-state index contributed by atoms with van der Waals surface area (Å²) in [7, 11) is 0. The third-order valence-electron chi connectivity index (χ3n) is 3.19. The first-order chi connectivity index (χ1) is 7.35. The lowest BCUT2D eigenvalue weighted by atomic mass is 9.90. The fourth-order valence-electron chi connectivity index (χ4n) is 1.60. The van der Waals surface area contributed by atoms with Crippen molar-refractivity contribution in [3.8, 4) is 0 Å². The van der Waals surface area contributed by atoms with Crippen molar-refractivity contribution in [2.75, 3.05) is 6.54 Å². The minimum absolute atomic E-state index is 0.357. The number of nitrogens with zero attached hydrogens (tertiary/aromatic N) is 1. The first kappa shape index (κ1) is 13.7. The summed E-state index contributed by atoms with van der Waals surface area (Å²) in [5.41, 5.74) is 1.59. The molecule has 0 aromatic carbocycles. The molecule has 1 aromatic rings. The van der Waals surface area contributed by atoms with Gasteiger partial charge >= 0.3 is 0 Å². The van der Waals surface area contributed by atoms with Crippen LogP contribution in [0.25, 0.3) is 0 Å². The van der Waals surface area contributed by atoms with E-state index in [0.29, 0.717) is 11.5 Å². The molecule has 0 radical (unpaired) electrons. The van der Waals surface area contributed by atoms with Crippen molar-refractivity contribution in [1.82, 2.24) is 10.3 Å². The molecule has 0 saturated heterocycles.